The summed E-state index contributed by atoms with van der Waals surface area (Å²) in [4.78, 5) is 4.59. The van der Waals surface area contributed by atoms with Crippen LogP contribution in [0.3, 0.4) is 0 Å². The maximum Gasteiger partial charge on any atom is 0.165 e. The van der Waals surface area contributed by atoms with Crippen LogP contribution in [-0.4, -0.2) is 28.8 Å². The van der Waals surface area contributed by atoms with Gasteiger partial charge in [-0.2, -0.15) is 9.61 Å². The van der Waals surface area contributed by atoms with Crippen molar-refractivity contribution in [1.82, 2.24) is 14.6 Å². The number of ether oxygens (including phenoxy) is 2. The molecule has 0 fully saturated rings. The molecule has 136 valence electrons. The van der Waals surface area contributed by atoms with E-state index in [1.54, 1.807) is 31.1 Å². The summed E-state index contributed by atoms with van der Waals surface area (Å²) in [6.07, 6.45) is 3.48. The van der Waals surface area contributed by atoms with E-state index in [9.17, 15) is 0 Å². The summed E-state index contributed by atoms with van der Waals surface area (Å²) < 4.78 is 12.3. The molecule has 0 aliphatic heterocycles. The predicted octanol–water partition coefficient (Wildman–Crippen LogP) is 4.32. The molecule has 6 nitrogen and oxygen atoms in total. The maximum atomic E-state index is 6.40. The first-order valence-corrected chi connectivity index (χ1v) is 8.60. The molecule has 4 rings (SSSR count). The molecule has 4 aromatic rings. The number of nitrogens with two attached hydrogens (primary N) is 1. The molecule has 0 aliphatic carbocycles. The number of hydrogen-bond donors (Lipinski definition) is 1. The third kappa shape index (κ3) is 2.94. The van der Waals surface area contributed by atoms with Gasteiger partial charge in [0.1, 0.15) is 5.82 Å². The number of fused-ring (bicyclic) bond motifs is 1. The van der Waals surface area contributed by atoms with E-state index in [2.05, 4.69) is 10.1 Å². The van der Waals surface area contributed by atoms with E-state index in [1.165, 1.54) is 0 Å². The molecule has 0 radical (unpaired) electrons. The van der Waals surface area contributed by atoms with E-state index in [0.717, 1.165) is 22.3 Å². The Morgan fingerprint density at radius 3 is 2.44 bits per heavy atom. The van der Waals surface area contributed by atoms with E-state index in [0.29, 0.717) is 28.0 Å². The third-order valence-electron chi connectivity index (χ3n) is 4.39. The lowest BCUT2D eigenvalue weighted by Gasteiger charge is -2.11. The predicted molar refractivity (Wildman–Crippen MR) is 106 cm³/mol. The van der Waals surface area contributed by atoms with Crippen molar-refractivity contribution in [1.29, 1.82) is 0 Å². The first-order chi connectivity index (χ1) is 13.1. The molecule has 27 heavy (non-hydrogen) atoms. The molecule has 2 aromatic heterocycles. The molecule has 0 aliphatic rings. The van der Waals surface area contributed by atoms with Crippen molar-refractivity contribution in [2.45, 2.75) is 0 Å². The minimum Gasteiger partial charge on any atom is -0.493 e. The summed E-state index contributed by atoms with van der Waals surface area (Å²) in [5.74, 6) is 1.76. The van der Waals surface area contributed by atoms with Gasteiger partial charge in [-0.15, -0.1) is 0 Å². The largest absolute Gasteiger partial charge is 0.493 e. The zero-order chi connectivity index (χ0) is 19.0. The second kappa shape index (κ2) is 6.81. The van der Waals surface area contributed by atoms with Crippen molar-refractivity contribution in [2.75, 3.05) is 20.0 Å². The van der Waals surface area contributed by atoms with Gasteiger partial charge in [0.25, 0.3) is 0 Å². The van der Waals surface area contributed by atoms with Gasteiger partial charge in [-0.1, -0.05) is 29.8 Å². The molecular formula is C20H17ClN4O2. The first-order valence-electron chi connectivity index (χ1n) is 8.23. The Labute approximate surface area is 161 Å². The van der Waals surface area contributed by atoms with Crippen LogP contribution in [0.4, 0.5) is 5.82 Å². The quantitative estimate of drug-likeness (QED) is 0.570. The highest BCUT2D eigenvalue weighted by Gasteiger charge is 2.15. The van der Waals surface area contributed by atoms with Gasteiger partial charge in [-0.25, -0.2) is 4.98 Å². The number of nitrogen functional groups attached to an aromatic ring is 1. The van der Waals surface area contributed by atoms with Gasteiger partial charge in [0.15, 0.2) is 17.1 Å². The van der Waals surface area contributed by atoms with E-state index in [4.69, 9.17) is 26.8 Å². The number of anilines is 1. The van der Waals surface area contributed by atoms with Crippen LogP contribution >= 0.6 is 11.6 Å². The fraction of sp³-hybridized carbons (Fsp3) is 0.100. The molecule has 0 saturated carbocycles. The van der Waals surface area contributed by atoms with Crippen LogP contribution in [0.2, 0.25) is 5.02 Å². The Hall–Kier alpha value is -3.25. The second-order valence-corrected chi connectivity index (χ2v) is 6.37. The van der Waals surface area contributed by atoms with Crippen LogP contribution in [0, 0.1) is 0 Å². The molecular weight excluding hydrogens is 364 g/mol. The molecule has 2 aromatic carbocycles. The highest BCUT2D eigenvalue weighted by Crippen LogP contribution is 2.35. The van der Waals surface area contributed by atoms with Crippen LogP contribution in [0.1, 0.15) is 0 Å². The van der Waals surface area contributed by atoms with Gasteiger partial charge < -0.3 is 15.2 Å². The summed E-state index contributed by atoms with van der Waals surface area (Å²) in [6, 6.07) is 13.2. The van der Waals surface area contributed by atoms with Crippen molar-refractivity contribution in [3.63, 3.8) is 0 Å². The highest BCUT2D eigenvalue weighted by atomic mass is 35.5. The molecule has 2 heterocycles. The topological polar surface area (TPSA) is 74.7 Å². The molecule has 2 N–H and O–H groups in total. The van der Waals surface area contributed by atoms with Gasteiger partial charge in [0.05, 0.1) is 20.4 Å². The minimum atomic E-state index is 0.487. The Morgan fingerprint density at radius 2 is 1.70 bits per heavy atom. The molecule has 0 amide bonds. The first kappa shape index (κ1) is 17.2. The van der Waals surface area contributed by atoms with Crippen LogP contribution in [0.15, 0.2) is 54.9 Å². The van der Waals surface area contributed by atoms with Gasteiger partial charge in [0.2, 0.25) is 0 Å². The molecule has 7 heteroatoms. The molecule has 0 saturated heterocycles. The Balaban J connectivity index is 1.85. The summed E-state index contributed by atoms with van der Waals surface area (Å²) in [5.41, 5.74) is 10.5. The van der Waals surface area contributed by atoms with Crippen LogP contribution < -0.4 is 15.2 Å². The normalized spacial score (nSPS) is 10.9. The zero-order valence-corrected chi connectivity index (χ0v) is 15.6. The maximum absolute atomic E-state index is 6.40. The minimum absolute atomic E-state index is 0.487. The number of methoxy groups -OCH3 is 2. The summed E-state index contributed by atoms with van der Waals surface area (Å²) >= 11 is 6.11. The van der Waals surface area contributed by atoms with Gasteiger partial charge in [-0.05, 0) is 35.4 Å². The average Bonchev–Trinajstić information content (AvgIpc) is 3.13. The van der Waals surface area contributed by atoms with Gasteiger partial charge >= 0.3 is 0 Å². The Kier molecular flexibility index (Phi) is 4.33. The number of rotatable bonds is 4. The number of hydrogen-bond acceptors (Lipinski definition) is 5. The lowest BCUT2D eigenvalue weighted by Crippen LogP contribution is -2.03. The van der Waals surface area contributed by atoms with Crippen LogP contribution in [0.25, 0.3) is 27.9 Å². The van der Waals surface area contributed by atoms with Gasteiger partial charge in [-0.3, -0.25) is 0 Å². The summed E-state index contributed by atoms with van der Waals surface area (Å²) in [7, 11) is 3.19. The molecule has 0 atom stereocenters. The number of aromatic nitrogens is 3. The number of benzene rings is 2. The van der Waals surface area contributed by atoms with Crippen molar-refractivity contribution < 1.29 is 9.47 Å². The van der Waals surface area contributed by atoms with Crippen molar-refractivity contribution in [3.8, 4) is 33.8 Å². The molecule has 0 spiro atoms. The summed E-state index contributed by atoms with van der Waals surface area (Å²) in [5, 5.41) is 5.07. The lowest BCUT2D eigenvalue weighted by atomic mass is 10.1. The van der Waals surface area contributed by atoms with Crippen molar-refractivity contribution >= 4 is 23.1 Å². The van der Waals surface area contributed by atoms with Gasteiger partial charge in [0, 0.05) is 22.3 Å². The molecule has 0 bridgehead atoms. The molecule has 0 unspecified atom stereocenters. The summed E-state index contributed by atoms with van der Waals surface area (Å²) in [6.45, 7) is 0. The fourth-order valence-electron chi connectivity index (χ4n) is 3.03. The second-order valence-electron chi connectivity index (χ2n) is 5.93. The van der Waals surface area contributed by atoms with Crippen molar-refractivity contribution in [2.24, 2.45) is 0 Å². The monoisotopic (exact) mass is 380 g/mol. The van der Waals surface area contributed by atoms with E-state index < -0.39 is 0 Å². The Morgan fingerprint density at radius 1 is 0.926 bits per heavy atom. The Bertz CT molecular complexity index is 1140. The highest BCUT2D eigenvalue weighted by molar-refractivity contribution is 6.30. The van der Waals surface area contributed by atoms with Crippen LogP contribution in [0.5, 0.6) is 11.5 Å². The number of halogens is 1. The standard InChI is InChI=1S/C20H17ClN4O2/c1-26-17-7-6-13(9-18(17)27-2)15-10-23-20-16(11-24-25(20)19(15)22)12-4-3-5-14(21)8-12/h3-11H,22H2,1-2H3. The lowest BCUT2D eigenvalue weighted by molar-refractivity contribution is 0.355. The van der Waals surface area contributed by atoms with E-state index in [-0.39, 0.29) is 0 Å². The van der Waals surface area contributed by atoms with Crippen LogP contribution in [-0.2, 0) is 0 Å². The smallest absolute Gasteiger partial charge is 0.165 e. The van der Waals surface area contributed by atoms with E-state index >= 15 is 0 Å². The third-order valence-corrected chi connectivity index (χ3v) is 4.63. The SMILES string of the molecule is COc1ccc(-c2cnc3c(-c4cccc(Cl)c4)cnn3c2N)cc1OC. The number of nitrogens with zero attached hydrogens (tertiary/aromatic N) is 3. The van der Waals surface area contributed by atoms with Crippen molar-refractivity contribution in [3.05, 3.63) is 59.9 Å². The average molecular weight is 381 g/mol. The van der Waals surface area contributed by atoms with E-state index in [1.807, 2.05) is 42.5 Å². The fourth-order valence-corrected chi connectivity index (χ4v) is 3.22. The zero-order valence-electron chi connectivity index (χ0n) is 14.8.